The van der Waals surface area contributed by atoms with Crippen LogP contribution in [0.2, 0.25) is 0 Å². The van der Waals surface area contributed by atoms with E-state index in [1.807, 2.05) is 6.07 Å². The molecule has 10 nitrogen and oxygen atoms in total. The van der Waals surface area contributed by atoms with Crippen LogP contribution in [0.1, 0.15) is 46.3 Å². The summed E-state index contributed by atoms with van der Waals surface area (Å²) in [5.74, 6) is 0.362. The van der Waals surface area contributed by atoms with Crippen molar-refractivity contribution in [1.82, 2.24) is 29.5 Å². The topological polar surface area (TPSA) is 123 Å². The lowest BCUT2D eigenvalue weighted by Crippen LogP contribution is -2.28. The molecule has 1 amide bonds. The summed E-state index contributed by atoms with van der Waals surface area (Å²) >= 11 is 0. The summed E-state index contributed by atoms with van der Waals surface area (Å²) in [5.41, 5.74) is 1.52. The smallest absolute Gasteiger partial charge is 0.251 e. The van der Waals surface area contributed by atoms with E-state index in [0.717, 1.165) is 12.8 Å². The lowest BCUT2D eigenvalue weighted by molar-refractivity contribution is 0.0946. The van der Waals surface area contributed by atoms with Crippen molar-refractivity contribution in [2.24, 2.45) is 0 Å². The molecule has 164 valence electrons. The lowest BCUT2D eigenvalue weighted by Gasteiger charge is -2.15. The van der Waals surface area contributed by atoms with Gasteiger partial charge >= 0.3 is 0 Å². The molecule has 0 bridgehead atoms. The Balaban J connectivity index is 1.45. The van der Waals surface area contributed by atoms with E-state index >= 15 is 0 Å². The quantitative estimate of drug-likeness (QED) is 0.588. The van der Waals surface area contributed by atoms with Gasteiger partial charge in [-0.25, -0.2) is 8.42 Å². The van der Waals surface area contributed by atoms with Gasteiger partial charge in [0.25, 0.3) is 5.91 Å². The van der Waals surface area contributed by atoms with E-state index in [1.165, 1.54) is 4.31 Å². The number of amides is 1. The number of aromatic nitrogens is 4. The first-order valence-electron chi connectivity index (χ1n) is 10.0. The number of aryl methyl sites for hydroxylation is 1. The molecule has 3 heterocycles. The summed E-state index contributed by atoms with van der Waals surface area (Å²) in [5, 5.41) is 11.0. The second-order valence-electron chi connectivity index (χ2n) is 7.42. The van der Waals surface area contributed by atoms with Gasteiger partial charge in [0, 0.05) is 18.7 Å². The van der Waals surface area contributed by atoms with Crippen LogP contribution >= 0.6 is 0 Å². The van der Waals surface area contributed by atoms with Crippen LogP contribution in [-0.2, 0) is 23.1 Å². The van der Waals surface area contributed by atoms with Crippen LogP contribution in [0, 0.1) is 13.8 Å². The highest BCUT2D eigenvalue weighted by Crippen LogP contribution is 2.26. The highest BCUT2D eigenvalue weighted by Gasteiger charge is 2.32. The predicted octanol–water partition coefficient (Wildman–Crippen LogP) is 1.65. The lowest BCUT2D eigenvalue weighted by atomic mass is 10.2. The second kappa shape index (κ2) is 8.60. The van der Waals surface area contributed by atoms with Crippen molar-refractivity contribution in [3.63, 3.8) is 0 Å². The van der Waals surface area contributed by atoms with E-state index in [0.29, 0.717) is 35.9 Å². The van der Waals surface area contributed by atoms with Crippen molar-refractivity contribution >= 4 is 15.9 Å². The van der Waals surface area contributed by atoms with Crippen molar-refractivity contribution in [3.05, 3.63) is 59.0 Å². The van der Waals surface area contributed by atoms with Crippen molar-refractivity contribution < 1.29 is 17.7 Å². The van der Waals surface area contributed by atoms with Gasteiger partial charge in [-0.05, 0) is 38.8 Å². The number of hydrogen-bond acceptors (Lipinski definition) is 7. The van der Waals surface area contributed by atoms with Crippen LogP contribution in [-0.4, -0.2) is 51.6 Å². The van der Waals surface area contributed by atoms with Gasteiger partial charge in [-0.3, -0.25) is 9.48 Å². The molecule has 11 heteroatoms. The van der Waals surface area contributed by atoms with Crippen LogP contribution in [0.4, 0.5) is 0 Å². The molecular weight excluding hydrogens is 420 g/mol. The van der Waals surface area contributed by atoms with E-state index in [-0.39, 0.29) is 29.8 Å². The molecule has 1 saturated heterocycles. The molecular formula is C20H24N6O4S. The first-order chi connectivity index (χ1) is 14.9. The molecule has 1 aliphatic heterocycles. The molecule has 0 radical (unpaired) electrons. The minimum absolute atomic E-state index is 0.0897. The van der Waals surface area contributed by atoms with Gasteiger partial charge in [0.2, 0.25) is 15.9 Å². The Morgan fingerprint density at radius 2 is 1.87 bits per heavy atom. The van der Waals surface area contributed by atoms with Gasteiger partial charge < -0.3 is 9.84 Å². The number of carbonyl (C=O) groups is 1. The Hall–Kier alpha value is -3.05. The third kappa shape index (κ3) is 4.37. The predicted molar refractivity (Wildman–Crippen MR) is 111 cm³/mol. The zero-order valence-electron chi connectivity index (χ0n) is 17.4. The summed E-state index contributed by atoms with van der Waals surface area (Å²) in [6, 6.07) is 8.83. The number of hydrogen-bond donors (Lipinski definition) is 1. The van der Waals surface area contributed by atoms with E-state index in [1.54, 1.807) is 42.8 Å². The number of carbonyl (C=O) groups excluding carboxylic acids is 1. The number of rotatable bonds is 7. The maximum absolute atomic E-state index is 13.0. The van der Waals surface area contributed by atoms with Gasteiger partial charge in [-0.15, -0.1) is 0 Å². The zero-order chi connectivity index (χ0) is 22.0. The fourth-order valence-electron chi connectivity index (χ4n) is 3.67. The molecule has 0 aliphatic carbocycles. The van der Waals surface area contributed by atoms with Crippen molar-refractivity contribution in [2.45, 2.75) is 44.7 Å². The fourth-order valence-corrected chi connectivity index (χ4v) is 5.56. The van der Waals surface area contributed by atoms with Crippen LogP contribution < -0.4 is 5.32 Å². The minimum Gasteiger partial charge on any atom is -0.343 e. The van der Waals surface area contributed by atoms with Gasteiger partial charge in [-0.2, -0.15) is 14.4 Å². The molecule has 2 aromatic heterocycles. The van der Waals surface area contributed by atoms with Gasteiger partial charge in [0.05, 0.1) is 17.9 Å². The summed E-state index contributed by atoms with van der Waals surface area (Å²) < 4.78 is 34.3. The summed E-state index contributed by atoms with van der Waals surface area (Å²) in [6.07, 6.45) is 1.75. The first kappa shape index (κ1) is 21.2. The van der Waals surface area contributed by atoms with Crippen LogP contribution in [0.15, 0.2) is 39.8 Å². The second-order valence-corrected chi connectivity index (χ2v) is 9.30. The van der Waals surface area contributed by atoms with Crippen molar-refractivity contribution in [2.75, 3.05) is 13.1 Å². The number of sulfonamides is 1. The largest absolute Gasteiger partial charge is 0.343 e. The SMILES string of the molecule is Cc1nn(Cc2noc(CNC(=O)c3ccccc3)n2)c(C)c1S(=O)(=O)N1CCCC1. The molecule has 0 atom stereocenters. The Kier molecular flexibility index (Phi) is 5.88. The number of nitrogens with zero attached hydrogens (tertiary/aromatic N) is 5. The molecule has 1 aliphatic rings. The summed E-state index contributed by atoms with van der Waals surface area (Å²) in [4.78, 5) is 16.6. The average Bonchev–Trinajstić information content (AvgIpc) is 3.49. The standard InChI is InChI=1S/C20H24N6O4S/c1-14-19(31(28,29)25-10-6-7-11-25)15(2)26(23-14)13-17-22-18(30-24-17)12-21-20(27)16-8-4-3-5-9-16/h3-5,8-9H,6-7,10-13H2,1-2H3,(H,21,27). The summed E-state index contributed by atoms with van der Waals surface area (Å²) in [7, 11) is -3.57. The minimum atomic E-state index is -3.57. The number of benzene rings is 1. The molecule has 0 saturated carbocycles. The fraction of sp³-hybridized carbons (Fsp3) is 0.400. The Morgan fingerprint density at radius 1 is 1.16 bits per heavy atom. The molecule has 1 N–H and O–H groups in total. The molecule has 4 rings (SSSR count). The number of nitrogens with one attached hydrogen (secondary N) is 1. The highest BCUT2D eigenvalue weighted by atomic mass is 32.2. The molecule has 31 heavy (non-hydrogen) atoms. The van der Waals surface area contributed by atoms with Crippen LogP contribution in [0.25, 0.3) is 0 Å². The normalized spacial score (nSPS) is 14.8. The van der Waals surface area contributed by atoms with Crippen LogP contribution in [0.5, 0.6) is 0 Å². The van der Waals surface area contributed by atoms with Crippen molar-refractivity contribution in [3.8, 4) is 0 Å². The Bertz CT molecular complexity index is 1180. The monoisotopic (exact) mass is 444 g/mol. The average molecular weight is 445 g/mol. The van der Waals surface area contributed by atoms with E-state index < -0.39 is 10.0 Å². The third-order valence-corrected chi connectivity index (χ3v) is 7.37. The van der Waals surface area contributed by atoms with E-state index in [4.69, 9.17) is 4.52 Å². The molecule has 3 aromatic rings. The maximum Gasteiger partial charge on any atom is 0.251 e. The van der Waals surface area contributed by atoms with Gasteiger partial charge in [0.15, 0.2) is 5.82 Å². The Morgan fingerprint density at radius 3 is 2.58 bits per heavy atom. The van der Waals surface area contributed by atoms with Gasteiger partial charge in [-0.1, -0.05) is 23.4 Å². The maximum atomic E-state index is 13.0. The Labute approximate surface area is 180 Å². The van der Waals surface area contributed by atoms with Crippen LogP contribution in [0.3, 0.4) is 0 Å². The van der Waals surface area contributed by atoms with Gasteiger partial charge in [0.1, 0.15) is 11.4 Å². The molecule has 1 aromatic carbocycles. The first-order valence-corrected chi connectivity index (χ1v) is 11.5. The molecule has 0 spiro atoms. The molecule has 0 unspecified atom stereocenters. The highest BCUT2D eigenvalue weighted by molar-refractivity contribution is 7.89. The van der Waals surface area contributed by atoms with E-state index in [9.17, 15) is 13.2 Å². The van der Waals surface area contributed by atoms with E-state index in [2.05, 4.69) is 20.6 Å². The van der Waals surface area contributed by atoms with Crippen molar-refractivity contribution in [1.29, 1.82) is 0 Å². The zero-order valence-corrected chi connectivity index (χ0v) is 18.2. The summed E-state index contributed by atoms with van der Waals surface area (Å²) in [6.45, 7) is 4.74. The molecule has 1 fully saturated rings. The third-order valence-electron chi connectivity index (χ3n) is 5.22.